The molecule has 0 spiro atoms. The number of piperazine rings is 1. The Hall–Kier alpha value is -1.78. The number of hydrogen-bond acceptors (Lipinski definition) is 4. The van der Waals surface area contributed by atoms with Crippen LogP contribution in [0.1, 0.15) is 6.42 Å². The first kappa shape index (κ1) is 15.1. The SMILES string of the molecule is C=C1/C=C\C=C/CC(N2CCNCC2)=Nc2ccccc2S1. The van der Waals surface area contributed by atoms with Crippen LogP contribution in [0.5, 0.6) is 0 Å². The highest BCUT2D eigenvalue weighted by Crippen LogP contribution is 2.34. The molecular weight excluding hydrogens is 290 g/mol. The molecule has 0 saturated carbocycles. The smallest absolute Gasteiger partial charge is 0.109 e. The Bertz CT molecular complexity index is 625. The number of nitrogens with one attached hydrogen (secondary N) is 1. The number of hydrogen-bond donors (Lipinski definition) is 1. The van der Waals surface area contributed by atoms with Crippen molar-refractivity contribution in [1.29, 1.82) is 0 Å². The molecule has 1 fully saturated rings. The van der Waals surface area contributed by atoms with Gasteiger partial charge in [-0.3, -0.25) is 0 Å². The molecule has 114 valence electrons. The summed E-state index contributed by atoms with van der Waals surface area (Å²) in [5, 5.41) is 3.40. The normalized spacial score (nSPS) is 22.3. The van der Waals surface area contributed by atoms with Crippen molar-refractivity contribution in [1.82, 2.24) is 10.2 Å². The van der Waals surface area contributed by atoms with E-state index in [0.29, 0.717) is 0 Å². The van der Waals surface area contributed by atoms with Crippen molar-refractivity contribution < 1.29 is 0 Å². The predicted molar refractivity (Wildman–Crippen MR) is 95.9 cm³/mol. The molecule has 0 unspecified atom stereocenters. The number of allylic oxidation sites excluding steroid dienone is 3. The molecule has 1 saturated heterocycles. The largest absolute Gasteiger partial charge is 0.357 e. The van der Waals surface area contributed by atoms with Crippen molar-refractivity contribution in [3.05, 3.63) is 60.1 Å². The molecule has 0 amide bonds. The summed E-state index contributed by atoms with van der Waals surface area (Å²) in [6, 6.07) is 8.30. The molecule has 0 radical (unpaired) electrons. The first-order valence-corrected chi connectivity index (χ1v) is 8.47. The summed E-state index contributed by atoms with van der Waals surface area (Å²) in [6.45, 7) is 8.19. The number of fused-ring (bicyclic) bond motifs is 1. The lowest BCUT2D eigenvalue weighted by atomic mass is 10.2. The molecule has 1 N–H and O–H groups in total. The quantitative estimate of drug-likeness (QED) is 0.791. The maximum Gasteiger partial charge on any atom is 0.109 e. The van der Waals surface area contributed by atoms with Gasteiger partial charge in [0.25, 0.3) is 0 Å². The van der Waals surface area contributed by atoms with Crippen LogP contribution in [0, 0.1) is 0 Å². The van der Waals surface area contributed by atoms with E-state index in [1.165, 1.54) is 0 Å². The Balaban J connectivity index is 1.97. The molecule has 0 atom stereocenters. The zero-order valence-electron chi connectivity index (χ0n) is 12.7. The van der Waals surface area contributed by atoms with E-state index in [-0.39, 0.29) is 0 Å². The molecule has 2 aliphatic rings. The van der Waals surface area contributed by atoms with Crippen LogP contribution < -0.4 is 5.32 Å². The molecule has 2 aliphatic heterocycles. The number of para-hydroxylation sites is 1. The number of aliphatic imine (C=N–C) groups is 1. The van der Waals surface area contributed by atoms with Crippen molar-refractivity contribution in [3.63, 3.8) is 0 Å². The molecule has 0 aliphatic carbocycles. The summed E-state index contributed by atoms with van der Waals surface area (Å²) in [5.74, 6) is 1.15. The van der Waals surface area contributed by atoms with Gasteiger partial charge in [-0.1, -0.05) is 48.7 Å². The third-order valence-corrected chi connectivity index (χ3v) is 4.63. The maximum atomic E-state index is 4.97. The van der Waals surface area contributed by atoms with Crippen LogP contribution in [0.3, 0.4) is 0 Å². The van der Waals surface area contributed by atoms with Gasteiger partial charge in [0.05, 0.1) is 5.69 Å². The van der Waals surface area contributed by atoms with Crippen molar-refractivity contribution in [2.75, 3.05) is 26.2 Å². The second-order valence-electron chi connectivity index (χ2n) is 5.29. The van der Waals surface area contributed by atoms with Crippen molar-refractivity contribution in [2.24, 2.45) is 4.99 Å². The van der Waals surface area contributed by atoms with Crippen LogP contribution >= 0.6 is 11.8 Å². The van der Waals surface area contributed by atoms with Gasteiger partial charge >= 0.3 is 0 Å². The molecule has 1 aromatic rings. The standard InChI is InChI=1S/C18H21N3S/c1-15-7-3-2-4-10-18(21-13-11-19-12-14-21)20-16-8-5-6-9-17(16)22-15/h2-9,19H,1,10-14H2/b4-2-,7-3-,20-18?. The second-order valence-corrected chi connectivity index (χ2v) is 6.46. The summed E-state index contributed by atoms with van der Waals surface area (Å²) < 4.78 is 0. The van der Waals surface area contributed by atoms with E-state index in [4.69, 9.17) is 4.99 Å². The highest BCUT2D eigenvalue weighted by atomic mass is 32.2. The number of rotatable bonds is 0. The molecule has 3 nitrogen and oxygen atoms in total. The van der Waals surface area contributed by atoms with E-state index in [2.05, 4.69) is 53.2 Å². The molecule has 4 heteroatoms. The van der Waals surface area contributed by atoms with E-state index < -0.39 is 0 Å². The molecule has 22 heavy (non-hydrogen) atoms. The van der Waals surface area contributed by atoms with Gasteiger partial charge in [-0.05, 0) is 18.2 Å². The van der Waals surface area contributed by atoms with Gasteiger partial charge in [0, 0.05) is 42.4 Å². The minimum absolute atomic E-state index is 0.857. The minimum Gasteiger partial charge on any atom is -0.357 e. The molecule has 3 rings (SSSR count). The topological polar surface area (TPSA) is 27.6 Å². The maximum absolute atomic E-state index is 4.97. The van der Waals surface area contributed by atoms with Gasteiger partial charge in [0.2, 0.25) is 0 Å². The van der Waals surface area contributed by atoms with E-state index in [0.717, 1.165) is 53.9 Å². The van der Waals surface area contributed by atoms with Crippen LogP contribution in [-0.4, -0.2) is 36.9 Å². The van der Waals surface area contributed by atoms with Crippen LogP contribution in [0.15, 0.2) is 69.9 Å². The first-order valence-electron chi connectivity index (χ1n) is 7.65. The average molecular weight is 311 g/mol. The van der Waals surface area contributed by atoms with E-state index in [9.17, 15) is 0 Å². The van der Waals surface area contributed by atoms with Crippen LogP contribution in [0.2, 0.25) is 0 Å². The zero-order chi connectivity index (χ0) is 15.2. The first-order chi connectivity index (χ1) is 10.8. The number of nitrogens with zero attached hydrogens (tertiary/aromatic N) is 2. The lowest BCUT2D eigenvalue weighted by Crippen LogP contribution is -2.46. The molecule has 2 heterocycles. The Morgan fingerprint density at radius 2 is 1.95 bits per heavy atom. The fourth-order valence-corrected chi connectivity index (χ4v) is 3.33. The summed E-state index contributed by atoms with van der Waals surface area (Å²) in [6.07, 6.45) is 9.21. The van der Waals surface area contributed by atoms with Gasteiger partial charge in [-0.15, -0.1) is 0 Å². The van der Waals surface area contributed by atoms with Crippen LogP contribution in [0.25, 0.3) is 0 Å². The lowest BCUT2D eigenvalue weighted by Gasteiger charge is -2.30. The summed E-state index contributed by atoms with van der Waals surface area (Å²) in [4.78, 5) is 9.55. The van der Waals surface area contributed by atoms with E-state index >= 15 is 0 Å². The number of thioether (sulfide) groups is 1. The monoisotopic (exact) mass is 311 g/mol. The molecule has 0 bridgehead atoms. The van der Waals surface area contributed by atoms with Gasteiger partial charge in [-0.25, -0.2) is 4.99 Å². The van der Waals surface area contributed by atoms with Crippen molar-refractivity contribution in [3.8, 4) is 0 Å². The predicted octanol–water partition coefficient (Wildman–Crippen LogP) is 3.74. The Labute approximate surface area is 136 Å². The van der Waals surface area contributed by atoms with Crippen LogP contribution in [0.4, 0.5) is 5.69 Å². The highest BCUT2D eigenvalue weighted by molar-refractivity contribution is 8.03. The van der Waals surface area contributed by atoms with Crippen LogP contribution in [-0.2, 0) is 0 Å². The second kappa shape index (κ2) is 7.47. The lowest BCUT2D eigenvalue weighted by molar-refractivity contribution is 0.353. The Morgan fingerprint density at radius 3 is 2.82 bits per heavy atom. The number of benzene rings is 1. The fraction of sp³-hybridized carbons (Fsp3) is 0.278. The van der Waals surface area contributed by atoms with Crippen molar-refractivity contribution >= 4 is 23.3 Å². The van der Waals surface area contributed by atoms with Gasteiger partial charge in [0.1, 0.15) is 5.84 Å². The third kappa shape index (κ3) is 3.90. The fourth-order valence-electron chi connectivity index (χ4n) is 2.53. The van der Waals surface area contributed by atoms with Gasteiger partial charge in [-0.2, -0.15) is 0 Å². The highest BCUT2D eigenvalue weighted by Gasteiger charge is 2.14. The summed E-state index contributed by atoms with van der Waals surface area (Å²) in [5.41, 5.74) is 1.03. The molecule has 0 aromatic heterocycles. The minimum atomic E-state index is 0.857. The molecular formula is C18H21N3S. The average Bonchev–Trinajstić information content (AvgIpc) is 2.59. The summed E-state index contributed by atoms with van der Waals surface area (Å²) in [7, 11) is 0. The van der Waals surface area contributed by atoms with E-state index in [1.807, 2.05) is 12.1 Å². The van der Waals surface area contributed by atoms with Gasteiger partial charge in [0.15, 0.2) is 0 Å². The third-order valence-electron chi connectivity index (χ3n) is 3.67. The molecule has 1 aromatic carbocycles. The zero-order valence-corrected chi connectivity index (χ0v) is 13.5. The van der Waals surface area contributed by atoms with E-state index in [1.54, 1.807) is 11.8 Å². The van der Waals surface area contributed by atoms with Crippen molar-refractivity contribution in [2.45, 2.75) is 11.3 Å². The Morgan fingerprint density at radius 1 is 1.14 bits per heavy atom. The van der Waals surface area contributed by atoms with Gasteiger partial charge < -0.3 is 10.2 Å². The summed E-state index contributed by atoms with van der Waals surface area (Å²) >= 11 is 1.67. The number of amidine groups is 1. The Kier molecular flexibility index (Phi) is 5.14.